The van der Waals surface area contributed by atoms with Gasteiger partial charge in [0, 0.05) is 11.1 Å². The first-order chi connectivity index (χ1) is 12.2. The number of hydrogen-bond acceptors (Lipinski definition) is 5. The van der Waals surface area contributed by atoms with E-state index in [2.05, 4.69) is 15.5 Å². The Morgan fingerprint density at radius 3 is 2.76 bits per heavy atom. The molecule has 4 rings (SSSR count). The number of benzene rings is 2. The van der Waals surface area contributed by atoms with Crippen LogP contribution in [0.4, 0.5) is 0 Å². The van der Waals surface area contributed by atoms with Crippen LogP contribution in [0.15, 0.2) is 59.4 Å². The molecule has 0 saturated carbocycles. The van der Waals surface area contributed by atoms with Gasteiger partial charge in [0.05, 0.1) is 6.54 Å². The number of rotatable bonds is 4. The lowest BCUT2D eigenvalue weighted by atomic mass is 9.96. The molecule has 0 spiro atoms. The first kappa shape index (κ1) is 15.5. The summed E-state index contributed by atoms with van der Waals surface area (Å²) in [5.74, 6) is 0.251. The van der Waals surface area contributed by atoms with Gasteiger partial charge in [0.25, 0.3) is 5.91 Å². The van der Waals surface area contributed by atoms with Crippen LogP contribution in [0.3, 0.4) is 0 Å². The SMILES string of the molecule is O=C(NCC1(O)CCc2ccccc21)c1ccc(-c2ncon2)cc1. The van der Waals surface area contributed by atoms with Crippen molar-refractivity contribution >= 4 is 5.91 Å². The topological polar surface area (TPSA) is 88.2 Å². The summed E-state index contributed by atoms with van der Waals surface area (Å²) in [5.41, 5.74) is 2.33. The number of aromatic nitrogens is 2. The number of nitrogens with zero attached hydrogens (tertiary/aromatic N) is 2. The van der Waals surface area contributed by atoms with Gasteiger partial charge in [-0.3, -0.25) is 4.79 Å². The third-order valence-electron chi connectivity index (χ3n) is 4.63. The molecule has 1 heterocycles. The highest BCUT2D eigenvalue weighted by Crippen LogP contribution is 2.36. The van der Waals surface area contributed by atoms with E-state index >= 15 is 0 Å². The van der Waals surface area contributed by atoms with E-state index in [9.17, 15) is 9.90 Å². The Hall–Kier alpha value is -2.99. The number of aryl methyl sites for hydroxylation is 1. The molecule has 0 bridgehead atoms. The molecule has 2 aromatic carbocycles. The summed E-state index contributed by atoms with van der Waals surface area (Å²) in [4.78, 5) is 16.4. The second-order valence-corrected chi connectivity index (χ2v) is 6.20. The molecule has 1 amide bonds. The second-order valence-electron chi connectivity index (χ2n) is 6.20. The molecule has 1 unspecified atom stereocenters. The van der Waals surface area contributed by atoms with Crippen molar-refractivity contribution in [2.24, 2.45) is 0 Å². The molecular formula is C19H17N3O3. The highest BCUT2D eigenvalue weighted by molar-refractivity contribution is 5.94. The Morgan fingerprint density at radius 1 is 1.20 bits per heavy atom. The summed E-state index contributed by atoms with van der Waals surface area (Å²) in [7, 11) is 0. The molecule has 1 aromatic heterocycles. The van der Waals surface area contributed by atoms with E-state index in [1.807, 2.05) is 24.3 Å². The number of nitrogens with one attached hydrogen (secondary N) is 1. The van der Waals surface area contributed by atoms with E-state index in [-0.39, 0.29) is 12.5 Å². The first-order valence-corrected chi connectivity index (χ1v) is 8.11. The van der Waals surface area contributed by atoms with E-state index in [1.165, 1.54) is 6.39 Å². The van der Waals surface area contributed by atoms with Crippen LogP contribution in [0.5, 0.6) is 0 Å². The number of hydrogen-bond donors (Lipinski definition) is 2. The molecule has 0 saturated heterocycles. The summed E-state index contributed by atoms with van der Waals surface area (Å²) in [6.07, 6.45) is 2.70. The molecule has 1 aliphatic carbocycles. The van der Waals surface area contributed by atoms with E-state index in [1.54, 1.807) is 24.3 Å². The van der Waals surface area contributed by atoms with E-state index in [4.69, 9.17) is 4.52 Å². The maximum absolute atomic E-state index is 12.4. The average Bonchev–Trinajstić information content (AvgIpc) is 3.30. The summed E-state index contributed by atoms with van der Waals surface area (Å²) in [5, 5.41) is 17.5. The van der Waals surface area contributed by atoms with Crippen LogP contribution < -0.4 is 5.32 Å². The number of amides is 1. The van der Waals surface area contributed by atoms with Crippen LogP contribution in [0.25, 0.3) is 11.4 Å². The predicted molar refractivity (Wildman–Crippen MR) is 90.7 cm³/mol. The Kier molecular flexibility index (Phi) is 3.82. The molecule has 25 heavy (non-hydrogen) atoms. The van der Waals surface area contributed by atoms with Crippen LogP contribution >= 0.6 is 0 Å². The van der Waals surface area contributed by atoms with Gasteiger partial charge in [0.15, 0.2) is 0 Å². The molecule has 0 fully saturated rings. The highest BCUT2D eigenvalue weighted by atomic mass is 16.5. The van der Waals surface area contributed by atoms with Crippen molar-refractivity contribution in [3.8, 4) is 11.4 Å². The molecule has 6 nitrogen and oxygen atoms in total. The normalized spacial score (nSPS) is 18.8. The van der Waals surface area contributed by atoms with Crippen molar-refractivity contribution in [1.29, 1.82) is 0 Å². The summed E-state index contributed by atoms with van der Waals surface area (Å²) in [6, 6.07) is 14.8. The molecule has 0 aliphatic heterocycles. The quantitative estimate of drug-likeness (QED) is 0.764. The van der Waals surface area contributed by atoms with Gasteiger partial charge in [0.1, 0.15) is 5.60 Å². The van der Waals surface area contributed by atoms with Crippen molar-refractivity contribution in [3.05, 3.63) is 71.6 Å². The molecule has 1 aliphatic rings. The highest BCUT2D eigenvalue weighted by Gasteiger charge is 2.36. The van der Waals surface area contributed by atoms with Gasteiger partial charge in [-0.1, -0.05) is 41.6 Å². The van der Waals surface area contributed by atoms with E-state index < -0.39 is 5.60 Å². The molecule has 1 atom stereocenters. The average molecular weight is 335 g/mol. The molecule has 126 valence electrons. The lowest BCUT2D eigenvalue weighted by Gasteiger charge is -2.24. The largest absolute Gasteiger partial charge is 0.383 e. The molecule has 6 heteroatoms. The zero-order valence-corrected chi connectivity index (χ0v) is 13.5. The maximum Gasteiger partial charge on any atom is 0.251 e. The fraction of sp³-hybridized carbons (Fsp3) is 0.211. The van der Waals surface area contributed by atoms with Crippen LogP contribution in [-0.4, -0.2) is 27.7 Å². The van der Waals surface area contributed by atoms with Gasteiger partial charge in [-0.15, -0.1) is 0 Å². The zero-order valence-electron chi connectivity index (χ0n) is 13.5. The van der Waals surface area contributed by atoms with Gasteiger partial charge in [-0.25, -0.2) is 0 Å². The monoisotopic (exact) mass is 335 g/mol. The minimum Gasteiger partial charge on any atom is -0.383 e. The van der Waals surface area contributed by atoms with Gasteiger partial charge in [0.2, 0.25) is 12.2 Å². The predicted octanol–water partition coefficient (Wildman–Crippen LogP) is 2.30. The van der Waals surface area contributed by atoms with Crippen molar-refractivity contribution < 1.29 is 14.4 Å². The second kappa shape index (κ2) is 6.14. The number of carbonyl (C=O) groups is 1. The molecule has 2 N–H and O–H groups in total. The maximum atomic E-state index is 12.4. The van der Waals surface area contributed by atoms with Crippen LogP contribution in [-0.2, 0) is 12.0 Å². The van der Waals surface area contributed by atoms with Gasteiger partial charge in [-0.05, 0) is 36.1 Å². The van der Waals surface area contributed by atoms with Gasteiger partial charge >= 0.3 is 0 Å². The minimum absolute atomic E-state index is 0.190. The Bertz CT molecular complexity index is 891. The third-order valence-corrected chi connectivity index (χ3v) is 4.63. The number of fused-ring (bicyclic) bond motifs is 1. The van der Waals surface area contributed by atoms with Gasteiger partial charge in [-0.2, -0.15) is 4.98 Å². The number of aliphatic hydroxyl groups is 1. The van der Waals surface area contributed by atoms with Gasteiger partial charge < -0.3 is 14.9 Å². The molecule has 0 radical (unpaired) electrons. The van der Waals surface area contributed by atoms with Crippen molar-refractivity contribution in [2.75, 3.05) is 6.54 Å². The van der Waals surface area contributed by atoms with Crippen LogP contribution in [0.2, 0.25) is 0 Å². The summed E-state index contributed by atoms with van der Waals surface area (Å²) < 4.78 is 4.71. The summed E-state index contributed by atoms with van der Waals surface area (Å²) >= 11 is 0. The molecular weight excluding hydrogens is 318 g/mol. The fourth-order valence-corrected chi connectivity index (χ4v) is 3.25. The lowest BCUT2D eigenvalue weighted by molar-refractivity contribution is 0.0369. The van der Waals surface area contributed by atoms with Crippen molar-refractivity contribution in [1.82, 2.24) is 15.5 Å². The smallest absolute Gasteiger partial charge is 0.251 e. The van der Waals surface area contributed by atoms with Crippen LogP contribution in [0.1, 0.15) is 27.9 Å². The first-order valence-electron chi connectivity index (χ1n) is 8.11. The van der Waals surface area contributed by atoms with Crippen molar-refractivity contribution in [2.45, 2.75) is 18.4 Å². The van der Waals surface area contributed by atoms with Crippen LogP contribution in [0, 0.1) is 0 Å². The molecule has 3 aromatic rings. The minimum atomic E-state index is -1.00. The van der Waals surface area contributed by atoms with E-state index in [0.717, 1.165) is 23.1 Å². The Morgan fingerprint density at radius 2 is 2.00 bits per heavy atom. The summed E-state index contributed by atoms with van der Waals surface area (Å²) in [6.45, 7) is 0.190. The fourth-order valence-electron chi connectivity index (χ4n) is 3.25. The zero-order chi connectivity index (χ0) is 17.3. The lowest BCUT2D eigenvalue weighted by Crippen LogP contribution is -2.39. The Balaban J connectivity index is 1.44. The third kappa shape index (κ3) is 2.92. The Labute approximate surface area is 144 Å². The number of carbonyl (C=O) groups excluding carboxylic acids is 1. The van der Waals surface area contributed by atoms with E-state index in [0.29, 0.717) is 17.8 Å². The standard InChI is InChI=1S/C19H17N3O3/c23-18(15-7-5-14(6-8-15)17-21-12-25-22-17)20-11-19(24)10-9-13-3-1-2-4-16(13)19/h1-8,12,24H,9-11H2,(H,20,23). The van der Waals surface area contributed by atoms with Crippen molar-refractivity contribution in [3.63, 3.8) is 0 Å².